The van der Waals surface area contributed by atoms with Gasteiger partial charge < -0.3 is 10.1 Å². The lowest BCUT2D eigenvalue weighted by Crippen LogP contribution is -2.07. The smallest absolute Gasteiger partial charge is 0.248 e. The minimum Gasteiger partial charge on any atom is -0.497 e. The Labute approximate surface area is 123 Å². The van der Waals surface area contributed by atoms with Crippen LogP contribution >= 0.6 is 0 Å². The summed E-state index contributed by atoms with van der Waals surface area (Å²) in [7, 11) is 1.59. The second-order valence-corrected chi connectivity index (χ2v) is 4.29. The standard InChI is InChI=1S/C17H14N2O2/c1-21-16-7-3-4-13(11-16)8-9-17(20)19-15-6-2-5-14(10-15)12-18/h2-11H,1H3,(H,19,20). The molecule has 1 N–H and O–H groups in total. The summed E-state index contributed by atoms with van der Waals surface area (Å²) in [6, 6.07) is 16.2. The number of methoxy groups -OCH3 is 1. The minimum absolute atomic E-state index is 0.257. The maximum atomic E-state index is 11.8. The summed E-state index contributed by atoms with van der Waals surface area (Å²) in [5.74, 6) is 0.479. The third kappa shape index (κ3) is 4.22. The summed E-state index contributed by atoms with van der Waals surface area (Å²) in [6.45, 7) is 0. The summed E-state index contributed by atoms with van der Waals surface area (Å²) in [4.78, 5) is 11.8. The topological polar surface area (TPSA) is 62.1 Å². The molecule has 4 nitrogen and oxygen atoms in total. The number of rotatable bonds is 4. The Morgan fingerprint density at radius 2 is 2.05 bits per heavy atom. The van der Waals surface area contributed by atoms with Crippen LogP contribution in [0.5, 0.6) is 5.75 Å². The monoisotopic (exact) mass is 278 g/mol. The number of ether oxygens (including phenoxy) is 1. The molecule has 2 rings (SSSR count). The second-order valence-electron chi connectivity index (χ2n) is 4.29. The Morgan fingerprint density at radius 3 is 2.81 bits per heavy atom. The highest BCUT2D eigenvalue weighted by molar-refractivity contribution is 6.02. The van der Waals surface area contributed by atoms with Crippen LogP contribution < -0.4 is 10.1 Å². The first kappa shape index (κ1) is 14.4. The van der Waals surface area contributed by atoms with Crippen LogP contribution in [-0.2, 0) is 4.79 Å². The molecule has 0 aliphatic heterocycles. The fourth-order valence-corrected chi connectivity index (χ4v) is 1.77. The molecule has 2 aromatic rings. The summed E-state index contributed by atoms with van der Waals surface area (Å²) in [5, 5.41) is 11.5. The molecular weight excluding hydrogens is 264 g/mol. The van der Waals surface area contributed by atoms with Gasteiger partial charge in [-0.2, -0.15) is 5.26 Å². The molecule has 0 aliphatic rings. The van der Waals surface area contributed by atoms with E-state index in [1.807, 2.05) is 30.3 Å². The first-order valence-corrected chi connectivity index (χ1v) is 6.34. The third-order valence-electron chi connectivity index (χ3n) is 2.78. The fraction of sp³-hybridized carbons (Fsp3) is 0.0588. The van der Waals surface area contributed by atoms with E-state index in [1.165, 1.54) is 6.08 Å². The van der Waals surface area contributed by atoms with Crippen LogP contribution in [0.4, 0.5) is 5.69 Å². The van der Waals surface area contributed by atoms with Gasteiger partial charge >= 0.3 is 0 Å². The van der Waals surface area contributed by atoms with Crippen molar-refractivity contribution in [1.82, 2.24) is 0 Å². The van der Waals surface area contributed by atoms with Crippen LogP contribution in [0.3, 0.4) is 0 Å². The van der Waals surface area contributed by atoms with Crippen molar-refractivity contribution in [3.8, 4) is 11.8 Å². The first-order valence-electron chi connectivity index (χ1n) is 6.34. The number of benzene rings is 2. The van der Waals surface area contributed by atoms with E-state index in [0.717, 1.165) is 11.3 Å². The van der Waals surface area contributed by atoms with Crippen LogP contribution in [0.25, 0.3) is 6.08 Å². The Balaban J connectivity index is 2.03. The number of hydrogen-bond acceptors (Lipinski definition) is 3. The Hall–Kier alpha value is -3.06. The quantitative estimate of drug-likeness (QED) is 0.873. The number of amides is 1. The molecule has 0 heterocycles. The van der Waals surface area contributed by atoms with Crippen molar-refractivity contribution in [3.05, 3.63) is 65.7 Å². The highest BCUT2D eigenvalue weighted by Crippen LogP contribution is 2.14. The molecule has 0 atom stereocenters. The van der Waals surface area contributed by atoms with Gasteiger partial charge in [-0.3, -0.25) is 4.79 Å². The van der Waals surface area contributed by atoms with Crippen LogP contribution in [0.1, 0.15) is 11.1 Å². The van der Waals surface area contributed by atoms with E-state index in [4.69, 9.17) is 10.00 Å². The zero-order valence-electron chi connectivity index (χ0n) is 11.5. The van der Waals surface area contributed by atoms with Gasteiger partial charge in [-0.25, -0.2) is 0 Å². The van der Waals surface area contributed by atoms with Gasteiger partial charge in [-0.1, -0.05) is 18.2 Å². The third-order valence-corrected chi connectivity index (χ3v) is 2.78. The maximum Gasteiger partial charge on any atom is 0.248 e. The molecule has 1 amide bonds. The summed E-state index contributed by atoms with van der Waals surface area (Å²) >= 11 is 0. The van der Waals surface area contributed by atoms with Gasteiger partial charge in [0, 0.05) is 11.8 Å². The molecule has 0 fully saturated rings. The van der Waals surface area contributed by atoms with Crippen molar-refractivity contribution in [2.45, 2.75) is 0 Å². The molecule has 0 spiro atoms. The Bertz CT molecular complexity index is 715. The normalized spacial score (nSPS) is 10.1. The molecule has 0 aromatic heterocycles. The molecule has 4 heteroatoms. The van der Waals surface area contributed by atoms with E-state index < -0.39 is 0 Å². The molecule has 0 radical (unpaired) electrons. The van der Waals surface area contributed by atoms with Crippen LogP contribution in [0.15, 0.2) is 54.6 Å². The van der Waals surface area contributed by atoms with Gasteiger partial charge in [0.2, 0.25) is 5.91 Å². The highest BCUT2D eigenvalue weighted by Gasteiger charge is 1.99. The largest absolute Gasteiger partial charge is 0.497 e. The number of anilines is 1. The SMILES string of the molecule is COc1cccc(C=CC(=O)Nc2cccc(C#N)c2)c1. The lowest BCUT2D eigenvalue weighted by molar-refractivity contribution is -0.111. The van der Waals surface area contributed by atoms with E-state index in [9.17, 15) is 4.79 Å². The number of hydrogen-bond donors (Lipinski definition) is 1. The number of nitriles is 1. The molecule has 0 saturated carbocycles. The van der Waals surface area contributed by atoms with Gasteiger partial charge in [0.05, 0.1) is 18.7 Å². The predicted octanol–water partition coefficient (Wildman–Crippen LogP) is 3.22. The van der Waals surface area contributed by atoms with Crippen molar-refractivity contribution in [2.75, 3.05) is 12.4 Å². The average Bonchev–Trinajstić information content (AvgIpc) is 2.53. The van der Waals surface area contributed by atoms with Crippen LogP contribution in [0.2, 0.25) is 0 Å². The van der Waals surface area contributed by atoms with E-state index in [2.05, 4.69) is 5.32 Å². The number of carbonyl (C=O) groups excluding carboxylic acids is 1. The van der Waals surface area contributed by atoms with Crippen molar-refractivity contribution in [1.29, 1.82) is 5.26 Å². The molecular formula is C17H14N2O2. The molecule has 0 saturated heterocycles. The Kier molecular flexibility index (Phi) is 4.73. The molecule has 0 aliphatic carbocycles. The average molecular weight is 278 g/mol. The highest BCUT2D eigenvalue weighted by atomic mass is 16.5. The van der Waals surface area contributed by atoms with Gasteiger partial charge in [0.1, 0.15) is 5.75 Å². The molecule has 2 aromatic carbocycles. The zero-order valence-corrected chi connectivity index (χ0v) is 11.5. The molecule has 0 unspecified atom stereocenters. The predicted molar refractivity (Wildman–Crippen MR) is 81.8 cm³/mol. The summed E-state index contributed by atoms with van der Waals surface area (Å²) < 4.78 is 5.12. The molecule has 0 bridgehead atoms. The minimum atomic E-state index is -0.257. The van der Waals surface area contributed by atoms with Gasteiger partial charge in [0.15, 0.2) is 0 Å². The first-order chi connectivity index (χ1) is 10.2. The lowest BCUT2D eigenvalue weighted by Gasteiger charge is -2.02. The molecule has 104 valence electrons. The van der Waals surface area contributed by atoms with Gasteiger partial charge in [0.25, 0.3) is 0 Å². The van der Waals surface area contributed by atoms with Crippen LogP contribution in [-0.4, -0.2) is 13.0 Å². The van der Waals surface area contributed by atoms with E-state index in [-0.39, 0.29) is 5.91 Å². The zero-order chi connectivity index (χ0) is 15.1. The molecule has 21 heavy (non-hydrogen) atoms. The van der Waals surface area contributed by atoms with E-state index in [0.29, 0.717) is 11.3 Å². The Morgan fingerprint density at radius 1 is 1.24 bits per heavy atom. The van der Waals surface area contributed by atoms with Crippen molar-refractivity contribution in [3.63, 3.8) is 0 Å². The van der Waals surface area contributed by atoms with E-state index in [1.54, 1.807) is 37.5 Å². The number of carbonyl (C=O) groups is 1. The lowest BCUT2D eigenvalue weighted by atomic mass is 10.2. The summed E-state index contributed by atoms with van der Waals surface area (Å²) in [5.41, 5.74) is 1.97. The second kappa shape index (κ2) is 6.92. The maximum absolute atomic E-state index is 11.8. The van der Waals surface area contributed by atoms with Crippen molar-refractivity contribution < 1.29 is 9.53 Å². The van der Waals surface area contributed by atoms with Gasteiger partial charge in [-0.05, 0) is 42.0 Å². The fourth-order valence-electron chi connectivity index (χ4n) is 1.77. The number of nitrogens with one attached hydrogen (secondary N) is 1. The number of nitrogens with zero attached hydrogens (tertiary/aromatic N) is 1. The summed E-state index contributed by atoms with van der Waals surface area (Å²) in [6.07, 6.45) is 3.14. The van der Waals surface area contributed by atoms with Crippen LogP contribution in [0, 0.1) is 11.3 Å². The van der Waals surface area contributed by atoms with Crippen molar-refractivity contribution in [2.24, 2.45) is 0 Å². The van der Waals surface area contributed by atoms with Gasteiger partial charge in [-0.15, -0.1) is 0 Å². The van der Waals surface area contributed by atoms with Crippen molar-refractivity contribution >= 4 is 17.7 Å². The van der Waals surface area contributed by atoms with E-state index >= 15 is 0 Å².